The molecular formula is C10H17NO. The van der Waals surface area contributed by atoms with Gasteiger partial charge in [0.15, 0.2) is 0 Å². The fraction of sp³-hybridized carbons (Fsp3) is 0.800. The van der Waals surface area contributed by atoms with Gasteiger partial charge in [0.1, 0.15) is 6.10 Å². The van der Waals surface area contributed by atoms with E-state index in [4.69, 9.17) is 4.74 Å². The lowest BCUT2D eigenvalue weighted by molar-refractivity contribution is 0.0120. The summed E-state index contributed by atoms with van der Waals surface area (Å²) in [6.45, 7) is 6.98. The Morgan fingerprint density at radius 3 is 2.83 bits per heavy atom. The summed E-state index contributed by atoms with van der Waals surface area (Å²) in [6, 6.07) is 0. The van der Waals surface area contributed by atoms with Crippen LogP contribution in [0.15, 0.2) is 0 Å². The maximum atomic E-state index is 5.48. The van der Waals surface area contributed by atoms with Crippen molar-refractivity contribution in [1.29, 1.82) is 0 Å². The van der Waals surface area contributed by atoms with Crippen molar-refractivity contribution < 1.29 is 4.74 Å². The lowest BCUT2D eigenvalue weighted by Crippen LogP contribution is -2.39. The Kier molecular flexibility index (Phi) is 3.58. The van der Waals surface area contributed by atoms with Crippen LogP contribution in [-0.2, 0) is 4.74 Å². The number of nitrogens with zero attached hydrogens (tertiary/aromatic N) is 1. The highest BCUT2D eigenvalue weighted by Crippen LogP contribution is 2.01. The van der Waals surface area contributed by atoms with Gasteiger partial charge in [0.2, 0.25) is 0 Å². The van der Waals surface area contributed by atoms with E-state index >= 15 is 0 Å². The quantitative estimate of drug-likeness (QED) is 0.499. The van der Waals surface area contributed by atoms with Crippen LogP contribution in [0.25, 0.3) is 0 Å². The van der Waals surface area contributed by atoms with Crippen molar-refractivity contribution in [1.82, 2.24) is 4.90 Å². The molecule has 1 aliphatic rings. The van der Waals surface area contributed by atoms with E-state index < -0.39 is 0 Å². The van der Waals surface area contributed by atoms with Gasteiger partial charge < -0.3 is 9.64 Å². The van der Waals surface area contributed by atoms with E-state index in [1.54, 1.807) is 0 Å². The van der Waals surface area contributed by atoms with Crippen LogP contribution in [0.3, 0.4) is 0 Å². The highest BCUT2D eigenvalue weighted by Gasteiger charge is 2.14. The molecule has 0 spiro atoms. The molecule has 1 saturated heterocycles. The average Bonchev–Trinajstić information content (AvgIpc) is 2.01. The largest absolute Gasteiger partial charge is 0.363 e. The Balaban J connectivity index is 2.38. The first-order chi connectivity index (χ1) is 5.68. The Hall–Kier alpha value is -0.520. The van der Waals surface area contributed by atoms with Crippen LogP contribution in [-0.4, -0.2) is 37.7 Å². The van der Waals surface area contributed by atoms with Crippen LogP contribution >= 0.6 is 0 Å². The van der Waals surface area contributed by atoms with E-state index in [1.165, 1.54) is 0 Å². The van der Waals surface area contributed by atoms with Crippen LogP contribution in [0.1, 0.15) is 13.8 Å². The molecular weight excluding hydrogens is 150 g/mol. The fourth-order valence-corrected chi connectivity index (χ4v) is 1.12. The molecule has 1 rings (SSSR count). The SMILES string of the molecule is CC(C)C#CC1CN(C)CCO1. The maximum absolute atomic E-state index is 5.48. The molecule has 0 aromatic heterocycles. The summed E-state index contributed by atoms with van der Waals surface area (Å²) in [4.78, 5) is 2.25. The van der Waals surface area contributed by atoms with Crippen molar-refractivity contribution in [2.75, 3.05) is 26.7 Å². The topological polar surface area (TPSA) is 12.5 Å². The molecule has 0 aromatic rings. The van der Waals surface area contributed by atoms with Gasteiger partial charge in [0.25, 0.3) is 0 Å². The highest BCUT2D eigenvalue weighted by molar-refractivity contribution is 5.08. The van der Waals surface area contributed by atoms with E-state index in [1.807, 2.05) is 0 Å². The molecule has 2 heteroatoms. The molecule has 0 bridgehead atoms. The van der Waals surface area contributed by atoms with Gasteiger partial charge in [-0.05, 0) is 7.05 Å². The Bertz CT molecular complexity index is 190. The zero-order valence-corrected chi connectivity index (χ0v) is 8.13. The second-order valence-corrected chi connectivity index (χ2v) is 3.57. The summed E-state index contributed by atoms with van der Waals surface area (Å²) < 4.78 is 5.48. The van der Waals surface area contributed by atoms with E-state index in [-0.39, 0.29) is 6.10 Å². The minimum Gasteiger partial charge on any atom is -0.363 e. The highest BCUT2D eigenvalue weighted by atomic mass is 16.5. The van der Waals surface area contributed by atoms with Gasteiger partial charge in [-0.1, -0.05) is 25.7 Å². The van der Waals surface area contributed by atoms with Crippen LogP contribution in [0.2, 0.25) is 0 Å². The maximum Gasteiger partial charge on any atom is 0.130 e. The minimum atomic E-state index is 0.131. The molecule has 2 nitrogen and oxygen atoms in total. The van der Waals surface area contributed by atoms with Crippen LogP contribution < -0.4 is 0 Å². The molecule has 0 N–H and O–H groups in total. The van der Waals surface area contributed by atoms with Gasteiger partial charge in [0, 0.05) is 19.0 Å². The molecule has 1 heterocycles. The van der Waals surface area contributed by atoms with Gasteiger partial charge >= 0.3 is 0 Å². The third kappa shape index (κ3) is 3.25. The zero-order chi connectivity index (χ0) is 8.97. The van der Waals surface area contributed by atoms with Crippen molar-refractivity contribution in [2.45, 2.75) is 20.0 Å². The Labute approximate surface area is 74.9 Å². The van der Waals surface area contributed by atoms with Gasteiger partial charge in [-0.3, -0.25) is 0 Å². The standard InChI is InChI=1S/C10H17NO/c1-9(2)4-5-10-8-11(3)6-7-12-10/h9-10H,6-8H2,1-3H3. The monoisotopic (exact) mass is 167 g/mol. The van der Waals surface area contributed by atoms with Crippen molar-refractivity contribution in [3.63, 3.8) is 0 Å². The first-order valence-corrected chi connectivity index (χ1v) is 4.49. The summed E-state index contributed by atoms with van der Waals surface area (Å²) >= 11 is 0. The van der Waals surface area contributed by atoms with E-state index in [0.717, 1.165) is 19.7 Å². The third-order valence-electron chi connectivity index (χ3n) is 1.80. The molecule has 1 unspecified atom stereocenters. The molecule has 12 heavy (non-hydrogen) atoms. The molecule has 0 radical (unpaired) electrons. The first kappa shape index (κ1) is 9.57. The van der Waals surface area contributed by atoms with Gasteiger partial charge in [-0.2, -0.15) is 0 Å². The van der Waals surface area contributed by atoms with E-state index in [0.29, 0.717) is 5.92 Å². The Morgan fingerprint density at radius 2 is 2.25 bits per heavy atom. The van der Waals surface area contributed by atoms with Gasteiger partial charge in [0.05, 0.1) is 6.61 Å². The van der Waals surface area contributed by atoms with Crippen LogP contribution in [0.4, 0.5) is 0 Å². The first-order valence-electron chi connectivity index (χ1n) is 4.49. The molecule has 0 saturated carbocycles. The molecule has 0 aliphatic carbocycles. The van der Waals surface area contributed by atoms with E-state index in [2.05, 4.69) is 37.6 Å². The number of ether oxygens (including phenoxy) is 1. The zero-order valence-electron chi connectivity index (χ0n) is 8.13. The van der Waals surface area contributed by atoms with Crippen molar-refractivity contribution in [3.05, 3.63) is 0 Å². The number of rotatable bonds is 0. The third-order valence-corrected chi connectivity index (χ3v) is 1.80. The molecule has 0 amide bonds. The fourth-order valence-electron chi connectivity index (χ4n) is 1.12. The second kappa shape index (κ2) is 4.49. The molecule has 68 valence electrons. The molecule has 1 fully saturated rings. The summed E-state index contributed by atoms with van der Waals surface area (Å²) in [7, 11) is 2.10. The summed E-state index contributed by atoms with van der Waals surface area (Å²) in [5.74, 6) is 6.72. The Morgan fingerprint density at radius 1 is 1.50 bits per heavy atom. The minimum absolute atomic E-state index is 0.131. The predicted molar refractivity (Wildman–Crippen MR) is 49.9 cm³/mol. The normalized spacial score (nSPS) is 25.2. The number of morpholine rings is 1. The number of hydrogen-bond acceptors (Lipinski definition) is 2. The summed E-state index contributed by atoms with van der Waals surface area (Å²) in [5, 5.41) is 0. The average molecular weight is 167 g/mol. The molecule has 1 aliphatic heterocycles. The van der Waals surface area contributed by atoms with Crippen LogP contribution in [0.5, 0.6) is 0 Å². The number of hydrogen-bond donors (Lipinski definition) is 0. The van der Waals surface area contributed by atoms with Crippen molar-refractivity contribution >= 4 is 0 Å². The van der Waals surface area contributed by atoms with Crippen molar-refractivity contribution in [2.24, 2.45) is 5.92 Å². The van der Waals surface area contributed by atoms with E-state index in [9.17, 15) is 0 Å². The smallest absolute Gasteiger partial charge is 0.130 e. The predicted octanol–water partition coefficient (Wildman–Crippen LogP) is 0.976. The lowest BCUT2D eigenvalue weighted by Gasteiger charge is -2.26. The van der Waals surface area contributed by atoms with Gasteiger partial charge in [-0.25, -0.2) is 0 Å². The summed E-state index contributed by atoms with van der Waals surface area (Å²) in [6.07, 6.45) is 0.131. The van der Waals surface area contributed by atoms with Gasteiger partial charge in [-0.15, -0.1) is 0 Å². The molecule has 1 atom stereocenters. The van der Waals surface area contributed by atoms with Crippen LogP contribution in [0, 0.1) is 17.8 Å². The lowest BCUT2D eigenvalue weighted by atomic mass is 10.2. The van der Waals surface area contributed by atoms with Crippen molar-refractivity contribution in [3.8, 4) is 11.8 Å². The molecule has 0 aromatic carbocycles. The summed E-state index contributed by atoms with van der Waals surface area (Å²) in [5.41, 5.74) is 0. The number of likely N-dealkylation sites (N-methyl/N-ethyl adjacent to an activating group) is 1. The second-order valence-electron chi connectivity index (χ2n) is 3.57.